The topological polar surface area (TPSA) is 72.2 Å². The van der Waals surface area contributed by atoms with Crippen LogP contribution in [0, 0.1) is 6.92 Å². The lowest BCUT2D eigenvalue weighted by Gasteiger charge is -2.10. The van der Waals surface area contributed by atoms with Gasteiger partial charge >= 0.3 is 5.69 Å². The number of aryl methyl sites for hydroxylation is 1. The molecule has 7 nitrogen and oxygen atoms in total. The Morgan fingerprint density at radius 1 is 1.19 bits per heavy atom. The average Bonchev–Trinajstić information content (AvgIpc) is 2.88. The highest BCUT2D eigenvalue weighted by atomic mass is 16.2. The lowest BCUT2D eigenvalue weighted by molar-refractivity contribution is -0.121. The third-order valence-electron chi connectivity index (χ3n) is 4.17. The number of carbonyl (C=O) groups is 1. The minimum atomic E-state index is -0.273. The zero-order chi connectivity index (χ0) is 18.7. The number of hydrogen-bond donors (Lipinski definition) is 1. The molecule has 2 aromatic heterocycles. The molecule has 0 atom stereocenters. The maximum Gasteiger partial charge on any atom is 0.335 e. The van der Waals surface area contributed by atoms with Gasteiger partial charge < -0.3 is 10.2 Å². The van der Waals surface area contributed by atoms with Gasteiger partial charge in [0, 0.05) is 19.3 Å². The summed E-state index contributed by atoms with van der Waals surface area (Å²) in [5.41, 5.74) is 2.75. The summed E-state index contributed by atoms with van der Waals surface area (Å²) in [7, 11) is 3.88. The fraction of sp³-hybridized carbons (Fsp3) is 0.316. The smallest absolute Gasteiger partial charge is 0.335 e. The molecule has 0 unspecified atom stereocenters. The second kappa shape index (κ2) is 7.53. The van der Waals surface area contributed by atoms with Crippen LogP contribution in [-0.4, -0.2) is 52.1 Å². The number of hydrogen-bond acceptors (Lipinski definition) is 4. The van der Waals surface area contributed by atoms with Gasteiger partial charge in [0.25, 0.3) is 0 Å². The van der Waals surface area contributed by atoms with E-state index in [0.717, 1.165) is 17.8 Å². The average molecular weight is 353 g/mol. The largest absolute Gasteiger partial charge is 0.353 e. The van der Waals surface area contributed by atoms with E-state index in [4.69, 9.17) is 0 Å². The molecular weight excluding hydrogens is 330 g/mol. The molecule has 2 heterocycles. The molecule has 0 aliphatic rings. The Morgan fingerprint density at radius 3 is 2.62 bits per heavy atom. The monoisotopic (exact) mass is 353 g/mol. The molecule has 0 fully saturated rings. The van der Waals surface area contributed by atoms with Gasteiger partial charge in [0.1, 0.15) is 6.54 Å². The van der Waals surface area contributed by atoms with Crippen molar-refractivity contribution in [3.05, 3.63) is 58.6 Å². The van der Waals surface area contributed by atoms with Crippen LogP contribution in [0.3, 0.4) is 0 Å². The van der Waals surface area contributed by atoms with Crippen LogP contribution < -0.4 is 11.0 Å². The number of aromatic nitrogens is 3. The summed E-state index contributed by atoms with van der Waals surface area (Å²) < 4.78 is 3.01. The van der Waals surface area contributed by atoms with Gasteiger partial charge in [-0.1, -0.05) is 17.7 Å². The van der Waals surface area contributed by atoms with Crippen molar-refractivity contribution in [3.8, 4) is 5.69 Å². The number of pyridine rings is 1. The lowest BCUT2D eigenvalue weighted by atomic mass is 10.2. The minimum Gasteiger partial charge on any atom is -0.353 e. The molecular formula is C19H23N5O2. The summed E-state index contributed by atoms with van der Waals surface area (Å²) >= 11 is 0. The van der Waals surface area contributed by atoms with Crippen molar-refractivity contribution in [1.29, 1.82) is 0 Å². The fourth-order valence-electron chi connectivity index (χ4n) is 2.78. The van der Waals surface area contributed by atoms with E-state index in [1.54, 1.807) is 16.8 Å². The Hall–Kier alpha value is -2.93. The van der Waals surface area contributed by atoms with Crippen molar-refractivity contribution in [2.75, 3.05) is 27.2 Å². The molecule has 0 spiro atoms. The van der Waals surface area contributed by atoms with Gasteiger partial charge in [0.2, 0.25) is 5.91 Å². The number of nitrogens with one attached hydrogen (secondary N) is 1. The van der Waals surface area contributed by atoms with Gasteiger partial charge in [0.05, 0.1) is 11.2 Å². The molecule has 0 bridgehead atoms. The number of carbonyl (C=O) groups excluding carboxylic acids is 1. The van der Waals surface area contributed by atoms with E-state index in [9.17, 15) is 9.59 Å². The van der Waals surface area contributed by atoms with E-state index in [-0.39, 0.29) is 18.1 Å². The van der Waals surface area contributed by atoms with E-state index in [2.05, 4.69) is 10.3 Å². The van der Waals surface area contributed by atoms with E-state index in [1.165, 1.54) is 4.57 Å². The summed E-state index contributed by atoms with van der Waals surface area (Å²) in [6.45, 7) is 3.24. The van der Waals surface area contributed by atoms with Crippen LogP contribution in [0.4, 0.5) is 0 Å². The molecule has 3 rings (SSSR count). The van der Waals surface area contributed by atoms with Gasteiger partial charge in [-0.25, -0.2) is 14.3 Å². The Bertz CT molecular complexity index is 970. The Kier molecular flexibility index (Phi) is 5.18. The zero-order valence-electron chi connectivity index (χ0n) is 15.3. The first-order chi connectivity index (χ1) is 12.5. The highest BCUT2D eigenvalue weighted by Crippen LogP contribution is 2.16. The first-order valence-corrected chi connectivity index (χ1v) is 8.52. The number of amides is 1. The van der Waals surface area contributed by atoms with Crippen LogP contribution in [0.1, 0.15) is 5.56 Å². The van der Waals surface area contributed by atoms with Gasteiger partial charge in [-0.3, -0.25) is 9.36 Å². The maximum absolute atomic E-state index is 13.0. The SMILES string of the molecule is Cc1ccc(-n2c(=O)n(CC(=O)NCCN(C)C)c3cccnc32)cc1. The number of nitrogens with zero attached hydrogens (tertiary/aromatic N) is 4. The summed E-state index contributed by atoms with van der Waals surface area (Å²) in [6, 6.07) is 11.2. The molecule has 1 N–H and O–H groups in total. The number of benzene rings is 1. The summed E-state index contributed by atoms with van der Waals surface area (Å²) in [5, 5.41) is 2.84. The van der Waals surface area contributed by atoms with Crippen molar-refractivity contribution in [2.24, 2.45) is 0 Å². The summed E-state index contributed by atoms with van der Waals surface area (Å²) in [4.78, 5) is 31.6. The fourth-order valence-corrected chi connectivity index (χ4v) is 2.78. The summed E-state index contributed by atoms with van der Waals surface area (Å²) in [6.07, 6.45) is 1.65. The van der Waals surface area contributed by atoms with Crippen LogP contribution in [-0.2, 0) is 11.3 Å². The number of likely N-dealkylation sites (N-methyl/N-ethyl adjacent to an activating group) is 1. The number of rotatable bonds is 6. The molecule has 1 aromatic carbocycles. The van der Waals surface area contributed by atoms with E-state index >= 15 is 0 Å². The molecule has 0 saturated heterocycles. The van der Waals surface area contributed by atoms with Crippen molar-refractivity contribution in [1.82, 2.24) is 24.3 Å². The van der Waals surface area contributed by atoms with Gasteiger partial charge in [0.15, 0.2) is 5.65 Å². The standard InChI is InChI=1S/C19H23N5O2/c1-14-6-8-15(9-7-14)24-18-16(5-4-10-21-18)23(19(24)26)13-17(25)20-11-12-22(2)3/h4-10H,11-13H2,1-3H3,(H,20,25). The maximum atomic E-state index is 13.0. The molecule has 0 radical (unpaired) electrons. The third-order valence-corrected chi connectivity index (χ3v) is 4.17. The van der Waals surface area contributed by atoms with Crippen LogP contribution in [0.5, 0.6) is 0 Å². The zero-order valence-corrected chi connectivity index (χ0v) is 15.3. The van der Waals surface area contributed by atoms with E-state index < -0.39 is 0 Å². The van der Waals surface area contributed by atoms with Crippen LogP contribution in [0.25, 0.3) is 16.9 Å². The number of imidazole rings is 1. The van der Waals surface area contributed by atoms with Gasteiger partial charge in [-0.2, -0.15) is 0 Å². The molecule has 1 amide bonds. The predicted octanol–water partition coefficient (Wildman–Crippen LogP) is 1.17. The molecule has 0 saturated carbocycles. The van der Waals surface area contributed by atoms with Gasteiger partial charge in [-0.15, -0.1) is 0 Å². The van der Waals surface area contributed by atoms with Crippen molar-refractivity contribution >= 4 is 17.1 Å². The predicted molar refractivity (Wildman–Crippen MR) is 102 cm³/mol. The molecule has 0 aliphatic carbocycles. The summed E-state index contributed by atoms with van der Waals surface area (Å²) in [5.74, 6) is -0.194. The lowest BCUT2D eigenvalue weighted by Crippen LogP contribution is -2.36. The molecule has 0 aliphatic heterocycles. The Balaban J connectivity index is 1.96. The van der Waals surface area contributed by atoms with Crippen molar-refractivity contribution in [3.63, 3.8) is 0 Å². The minimum absolute atomic E-state index is 0.0344. The van der Waals surface area contributed by atoms with Crippen LogP contribution in [0.2, 0.25) is 0 Å². The number of fused-ring (bicyclic) bond motifs is 1. The van der Waals surface area contributed by atoms with Crippen LogP contribution in [0.15, 0.2) is 47.4 Å². The first-order valence-electron chi connectivity index (χ1n) is 8.52. The van der Waals surface area contributed by atoms with Crippen LogP contribution >= 0.6 is 0 Å². The van der Waals surface area contributed by atoms with Crippen molar-refractivity contribution in [2.45, 2.75) is 13.5 Å². The quantitative estimate of drug-likeness (QED) is 0.722. The van der Waals surface area contributed by atoms with Gasteiger partial charge in [-0.05, 0) is 45.3 Å². The van der Waals surface area contributed by atoms with E-state index in [0.29, 0.717) is 17.7 Å². The van der Waals surface area contributed by atoms with E-state index in [1.807, 2.05) is 56.3 Å². The molecule has 3 aromatic rings. The molecule has 7 heteroatoms. The van der Waals surface area contributed by atoms with Crippen molar-refractivity contribution < 1.29 is 4.79 Å². The molecule has 136 valence electrons. The normalized spacial score (nSPS) is 11.2. The first kappa shape index (κ1) is 17.9. The second-order valence-corrected chi connectivity index (χ2v) is 6.54. The second-order valence-electron chi connectivity index (χ2n) is 6.54. The third kappa shape index (κ3) is 3.67. The molecule has 26 heavy (non-hydrogen) atoms. The Labute approximate surface area is 151 Å². The highest BCUT2D eigenvalue weighted by molar-refractivity contribution is 5.80. The highest BCUT2D eigenvalue weighted by Gasteiger charge is 2.17. The Morgan fingerprint density at radius 2 is 1.92 bits per heavy atom.